The fourth-order valence-electron chi connectivity index (χ4n) is 1.52. The molecular formula is C14H20O2. The summed E-state index contributed by atoms with van der Waals surface area (Å²) in [5.41, 5.74) is 1.34. The zero-order valence-corrected chi connectivity index (χ0v) is 10.1. The molecule has 0 fully saturated rings. The Hall–Kier alpha value is -1.12. The molecule has 0 saturated carbocycles. The first kappa shape index (κ1) is 12.9. The smallest absolute Gasteiger partial charge is 0.157 e. The van der Waals surface area contributed by atoms with Gasteiger partial charge in [0.15, 0.2) is 6.29 Å². The summed E-state index contributed by atoms with van der Waals surface area (Å²) in [5, 5.41) is 0. The maximum atomic E-state index is 5.11. The van der Waals surface area contributed by atoms with Crippen molar-refractivity contribution in [3.63, 3.8) is 0 Å². The van der Waals surface area contributed by atoms with Crippen LogP contribution in [0.15, 0.2) is 42.5 Å². The summed E-state index contributed by atoms with van der Waals surface area (Å²) < 4.78 is 10.2. The highest BCUT2D eigenvalue weighted by molar-refractivity contribution is 5.17. The van der Waals surface area contributed by atoms with E-state index in [2.05, 4.69) is 36.4 Å². The van der Waals surface area contributed by atoms with Gasteiger partial charge in [-0.25, -0.2) is 0 Å². The number of hydrogen-bond acceptors (Lipinski definition) is 2. The molecule has 0 aliphatic rings. The molecule has 1 rings (SSSR count). The summed E-state index contributed by atoms with van der Waals surface area (Å²) in [6.07, 6.45) is 7.17. The van der Waals surface area contributed by atoms with Gasteiger partial charge in [-0.3, -0.25) is 0 Å². The Morgan fingerprint density at radius 1 is 1.06 bits per heavy atom. The third-order valence-corrected chi connectivity index (χ3v) is 2.46. The zero-order chi connectivity index (χ0) is 11.6. The van der Waals surface area contributed by atoms with Crippen molar-refractivity contribution in [3.05, 3.63) is 48.0 Å². The minimum Gasteiger partial charge on any atom is -0.356 e. The number of hydrogen-bond donors (Lipinski definition) is 0. The van der Waals surface area contributed by atoms with E-state index in [0.717, 1.165) is 19.3 Å². The molecule has 0 heterocycles. The number of benzene rings is 1. The third kappa shape index (κ3) is 5.10. The summed E-state index contributed by atoms with van der Waals surface area (Å²) in [5.74, 6) is 0. The molecule has 0 saturated heterocycles. The maximum Gasteiger partial charge on any atom is 0.157 e. The molecule has 0 spiro atoms. The summed E-state index contributed by atoms with van der Waals surface area (Å²) >= 11 is 0. The predicted molar refractivity (Wildman–Crippen MR) is 66.3 cm³/mol. The number of allylic oxidation sites excluding steroid dienone is 2. The topological polar surface area (TPSA) is 18.5 Å². The van der Waals surface area contributed by atoms with Crippen LogP contribution in [-0.4, -0.2) is 20.5 Å². The van der Waals surface area contributed by atoms with Gasteiger partial charge in [-0.15, -0.1) is 0 Å². The van der Waals surface area contributed by atoms with Crippen LogP contribution in [-0.2, 0) is 15.9 Å². The van der Waals surface area contributed by atoms with Crippen LogP contribution in [0.2, 0.25) is 0 Å². The SMILES string of the molecule is COC(CC/C=C\Cc1ccccc1)OC. The molecule has 0 N–H and O–H groups in total. The molecule has 16 heavy (non-hydrogen) atoms. The largest absolute Gasteiger partial charge is 0.356 e. The van der Waals surface area contributed by atoms with E-state index in [9.17, 15) is 0 Å². The predicted octanol–water partition coefficient (Wildman–Crippen LogP) is 3.18. The molecule has 88 valence electrons. The zero-order valence-electron chi connectivity index (χ0n) is 10.1. The molecular weight excluding hydrogens is 200 g/mol. The molecule has 0 amide bonds. The minimum atomic E-state index is -0.0821. The van der Waals surface area contributed by atoms with Crippen LogP contribution in [0.5, 0.6) is 0 Å². The van der Waals surface area contributed by atoms with Gasteiger partial charge in [0, 0.05) is 20.6 Å². The van der Waals surface area contributed by atoms with Gasteiger partial charge >= 0.3 is 0 Å². The van der Waals surface area contributed by atoms with E-state index in [0.29, 0.717) is 0 Å². The highest BCUT2D eigenvalue weighted by Gasteiger charge is 2.01. The molecule has 2 nitrogen and oxygen atoms in total. The first-order valence-corrected chi connectivity index (χ1v) is 5.61. The van der Waals surface area contributed by atoms with Crippen molar-refractivity contribution in [2.75, 3.05) is 14.2 Å². The number of rotatable bonds is 7. The second-order valence-corrected chi connectivity index (χ2v) is 3.64. The van der Waals surface area contributed by atoms with Gasteiger partial charge in [0.1, 0.15) is 0 Å². The lowest BCUT2D eigenvalue weighted by Gasteiger charge is -2.10. The van der Waals surface area contributed by atoms with Gasteiger partial charge in [-0.05, 0) is 18.4 Å². The van der Waals surface area contributed by atoms with Gasteiger partial charge in [0.25, 0.3) is 0 Å². The van der Waals surface area contributed by atoms with Gasteiger partial charge in [0.05, 0.1) is 0 Å². The fraction of sp³-hybridized carbons (Fsp3) is 0.429. The van der Waals surface area contributed by atoms with Crippen LogP contribution < -0.4 is 0 Å². The molecule has 0 atom stereocenters. The Morgan fingerprint density at radius 3 is 2.38 bits per heavy atom. The monoisotopic (exact) mass is 220 g/mol. The quantitative estimate of drug-likeness (QED) is 0.519. The van der Waals surface area contributed by atoms with Crippen molar-refractivity contribution in [2.45, 2.75) is 25.6 Å². The molecule has 0 aromatic heterocycles. The molecule has 0 bridgehead atoms. The molecule has 0 radical (unpaired) electrons. The summed E-state index contributed by atoms with van der Waals surface area (Å²) in [6.45, 7) is 0. The van der Waals surface area contributed by atoms with E-state index in [1.54, 1.807) is 14.2 Å². The molecule has 1 aromatic rings. The van der Waals surface area contributed by atoms with Crippen LogP contribution >= 0.6 is 0 Å². The molecule has 0 aliphatic heterocycles. The molecule has 0 aliphatic carbocycles. The van der Waals surface area contributed by atoms with Gasteiger partial charge in [-0.2, -0.15) is 0 Å². The molecule has 2 heteroatoms. The van der Waals surface area contributed by atoms with Crippen LogP contribution in [0.25, 0.3) is 0 Å². The van der Waals surface area contributed by atoms with E-state index in [1.165, 1.54) is 5.56 Å². The normalized spacial score (nSPS) is 11.4. The van der Waals surface area contributed by atoms with Crippen LogP contribution in [0.4, 0.5) is 0 Å². The van der Waals surface area contributed by atoms with Crippen molar-refractivity contribution in [2.24, 2.45) is 0 Å². The lowest BCUT2D eigenvalue weighted by Crippen LogP contribution is -2.11. The van der Waals surface area contributed by atoms with Crippen molar-refractivity contribution >= 4 is 0 Å². The fourth-order valence-corrected chi connectivity index (χ4v) is 1.52. The highest BCUT2D eigenvalue weighted by atomic mass is 16.7. The Bertz CT molecular complexity index is 289. The van der Waals surface area contributed by atoms with Crippen LogP contribution in [0.1, 0.15) is 18.4 Å². The minimum absolute atomic E-state index is 0.0821. The van der Waals surface area contributed by atoms with Gasteiger partial charge < -0.3 is 9.47 Å². The Morgan fingerprint density at radius 2 is 1.75 bits per heavy atom. The van der Waals surface area contributed by atoms with E-state index < -0.39 is 0 Å². The van der Waals surface area contributed by atoms with Crippen molar-refractivity contribution in [1.29, 1.82) is 0 Å². The van der Waals surface area contributed by atoms with Crippen LogP contribution in [0, 0.1) is 0 Å². The van der Waals surface area contributed by atoms with E-state index in [1.807, 2.05) is 6.07 Å². The first-order chi connectivity index (χ1) is 7.86. The van der Waals surface area contributed by atoms with E-state index >= 15 is 0 Å². The van der Waals surface area contributed by atoms with E-state index in [4.69, 9.17) is 9.47 Å². The van der Waals surface area contributed by atoms with E-state index in [-0.39, 0.29) is 6.29 Å². The number of methoxy groups -OCH3 is 2. The second kappa shape index (κ2) is 8.08. The summed E-state index contributed by atoms with van der Waals surface area (Å²) in [4.78, 5) is 0. The van der Waals surface area contributed by atoms with Crippen LogP contribution in [0.3, 0.4) is 0 Å². The average molecular weight is 220 g/mol. The lowest BCUT2D eigenvalue weighted by molar-refractivity contribution is -0.105. The Kier molecular flexibility index (Phi) is 6.54. The number of ether oxygens (including phenoxy) is 2. The van der Waals surface area contributed by atoms with Gasteiger partial charge in [0.2, 0.25) is 0 Å². The van der Waals surface area contributed by atoms with Gasteiger partial charge in [-0.1, -0.05) is 42.5 Å². The van der Waals surface area contributed by atoms with Crippen molar-refractivity contribution in [1.82, 2.24) is 0 Å². The summed E-state index contributed by atoms with van der Waals surface area (Å²) in [7, 11) is 3.34. The highest BCUT2D eigenvalue weighted by Crippen LogP contribution is 2.04. The van der Waals surface area contributed by atoms with Crippen molar-refractivity contribution in [3.8, 4) is 0 Å². The lowest BCUT2D eigenvalue weighted by atomic mass is 10.1. The first-order valence-electron chi connectivity index (χ1n) is 5.61. The molecule has 0 unspecified atom stereocenters. The van der Waals surface area contributed by atoms with Crippen molar-refractivity contribution < 1.29 is 9.47 Å². The molecule has 1 aromatic carbocycles. The third-order valence-electron chi connectivity index (χ3n) is 2.46. The standard InChI is InChI=1S/C14H20O2/c1-15-14(16-2)12-8-4-7-11-13-9-5-3-6-10-13/h3-7,9-10,14H,8,11-12H2,1-2H3/b7-4-. The Labute approximate surface area is 97.9 Å². The summed E-state index contributed by atoms with van der Waals surface area (Å²) in [6, 6.07) is 10.4. The Balaban J connectivity index is 2.18. The maximum absolute atomic E-state index is 5.11. The average Bonchev–Trinajstić information content (AvgIpc) is 2.35. The second-order valence-electron chi connectivity index (χ2n) is 3.64.